The lowest BCUT2D eigenvalue weighted by atomic mass is 10.1. The molecule has 1 aromatic rings. The van der Waals surface area contributed by atoms with Crippen LogP contribution in [0.1, 0.15) is 25.4 Å². The van der Waals surface area contributed by atoms with Crippen LogP contribution in [-0.4, -0.2) is 16.2 Å². The fourth-order valence-electron chi connectivity index (χ4n) is 0.951. The third-order valence-corrected chi connectivity index (χ3v) is 1.59. The maximum Gasteiger partial charge on any atom is 0.311 e. The van der Waals surface area contributed by atoms with E-state index in [0.717, 1.165) is 0 Å². The Hall–Kier alpha value is -1.29. The summed E-state index contributed by atoms with van der Waals surface area (Å²) in [5.74, 6) is -0.218. The average molecular weight is 184 g/mol. The number of carboxylic acid groups (broad SMARTS) is 1. The van der Waals surface area contributed by atoms with Crippen molar-refractivity contribution in [1.82, 2.24) is 0 Å². The van der Waals surface area contributed by atoms with Crippen LogP contribution >= 0.6 is 0 Å². The van der Waals surface area contributed by atoms with Gasteiger partial charge in [-0.1, -0.05) is 0 Å². The van der Waals surface area contributed by atoms with E-state index < -0.39 is 11.6 Å². The molecule has 0 bridgehead atoms. The van der Waals surface area contributed by atoms with Crippen molar-refractivity contribution in [2.24, 2.45) is 0 Å². The summed E-state index contributed by atoms with van der Waals surface area (Å²) in [5, 5.41) is 18.0. The monoisotopic (exact) mass is 184 g/mol. The number of carbonyl (C=O) groups is 1. The zero-order chi connectivity index (χ0) is 10.1. The molecule has 13 heavy (non-hydrogen) atoms. The highest BCUT2D eigenvalue weighted by atomic mass is 16.4. The Labute approximate surface area is 75.8 Å². The maximum atomic E-state index is 10.3. The number of rotatable bonds is 3. The number of aliphatic carboxylic acids is 1. The van der Waals surface area contributed by atoms with Gasteiger partial charge in [-0.2, -0.15) is 0 Å². The molecule has 0 unspecified atom stereocenters. The van der Waals surface area contributed by atoms with E-state index in [-0.39, 0.29) is 6.42 Å². The molecule has 72 valence electrons. The molecule has 0 aliphatic carbocycles. The van der Waals surface area contributed by atoms with Gasteiger partial charge in [0, 0.05) is 0 Å². The molecule has 2 N–H and O–H groups in total. The van der Waals surface area contributed by atoms with E-state index >= 15 is 0 Å². The van der Waals surface area contributed by atoms with Gasteiger partial charge in [0.25, 0.3) is 0 Å². The Morgan fingerprint density at radius 2 is 2.15 bits per heavy atom. The van der Waals surface area contributed by atoms with Gasteiger partial charge in [-0.25, -0.2) is 0 Å². The summed E-state index contributed by atoms with van der Waals surface area (Å²) in [4.78, 5) is 10.3. The SMILES string of the molecule is CC(C)(O)c1ccc(CC(=O)O)o1. The highest BCUT2D eigenvalue weighted by Gasteiger charge is 2.20. The van der Waals surface area contributed by atoms with Crippen LogP contribution in [0, 0.1) is 0 Å². The van der Waals surface area contributed by atoms with Crippen LogP contribution in [-0.2, 0) is 16.8 Å². The molecule has 0 aliphatic heterocycles. The van der Waals surface area contributed by atoms with Gasteiger partial charge in [-0.05, 0) is 26.0 Å². The maximum absolute atomic E-state index is 10.3. The van der Waals surface area contributed by atoms with E-state index in [0.29, 0.717) is 11.5 Å². The second-order valence-electron chi connectivity index (χ2n) is 3.40. The molecule has 0 saturated heterocycles. The van der Waals surface area contributed by atoms with Crippen LogP contribution in [0.25, 0.3) is 0 Å². The first-order chi connectivity index (χ1) is 5.89. The number of furan rings is 1. The van der Waals surface area contributed by atoms with Crippen LogP contribution in [0.3, 0.4) is 0 Å². The molecule has 0 aromatic carbocycles. The Morgan fingerprint density at radius 1 is 1.54 bits per heavy atom. The van der Waals surface area contributed by atoms with Crippen LogP contribution in [0.15, 0.2) is 16.5 Å². The lowest BCUT2D eigenvalue weighted by molar-refractivity contribution is -0.136. The van der Waals surface area contributed by atoms with Crippen molar-refractivity contribution < 1.29 is 19.4 Å². The van der Waals surface area contributed by atoms with Crippen molar-refractivity contribution in [2.45, 2.75) is 25.9 Å². The minimum atomic E-state index is -1.06. The van der Waals surface area contributed by atoms with E-state index in [1.807, 2.05) is 0 Å². The molecule has 0 atom stereocenters. The summed E-state index contributed by atoms with van der Waals surface area (Å²) in [6, 6.07) is 3.14. The molecule has 0 amide bonds. The number of carboxylic acids is 1. The van der Waals surface area contributed by atoms with Crippen molar-refractivity contribution >= 4 is 5.97 Å². The zero-order valence-electron chi connectivity index (χ0n) is 7.57. The van der Waals surface area contributed by atoms with Gasteiger partial charge in [0.1, 0.15) is 23.5 Å². The van der Waals surface area contributed by atoms with E-state index in [2.05, 4.69) is 0 Å². The minimum Gasteiger partial charge on any atom is -0.481 e. The van der Waals surface area contributed by atoms with Gasteiger partial charge in [-0.15, -0.1) is 0 Å². The standard InChI is InChI=1S/C9H12O4/c1-9(2,12)7-4-3-6(13-7)5-8(10)11/h3-4,12H,5H2,1-2H3,(H,10,11). The van der Waals surface area contributed by atoms with E-state index in [1.54, 1.807) is 26.0 Å². The highest BCUT2D eigenvalue weighted by molar-refractivity contribution is 5.69. The average Bonchev–Trinajstić information content (AvgIpc) is 2.32. The van der Waals surface area contributed by atoms with Crippen molar-refractivity contribution in [3.05, 3.63) is 23.7 Å². The Kier molecular flexibility index (Phi) is 2.43. The van der Waals surface area contributed by atoms with Crippen molar-refractivity contribution in [1.29, 1.82) is 0 Å². The van der Waals surface area contributed by atoms with Crippen LogP contribution in [0.5, 0.6) is 0 Å². The summed E-state index contributed by atoms with van der Waals surface area (Å²) in [7, 11) is 0. The number of aliphatic hydroxyl groups is 1. The third-order valence-electron chi connectivity index (χ3n) is 1.59. The predicted octanol–water partition coefficient (Wildman–Crippen LogP) is 1.13. The molecule has 0 spiro atoms. The Morgan fingerprint density at radius 3 is 2.54 bits per heavy atom. The molecule has 4 heteroatoms. The van der Waals surface area contributed by atoms with Crippen molar-refractivity contribution in [2.75, 3.05) is 0 Å². The quantitative estimate of drug-likeness (QED) is 0.738. The predicted molar refractivity (Wildman–Crippen MR) is 45.3 cm³/mol. The summed E-state index contributed by atoms with van der Waals surface area (Å²) in [6.45, 7) is 3.16. The van der Waals surface area contributed by atoms with Gasteiger partial charge < -0.3 is 14.6 Å². The van der Waals surface area contributed by atoms with Gasteiger partial charge >= 0.3 is 5.97 Å². The first-order valence-corrected chi connectivity index (χ1v) is 3.93. The van der Waals surface area contributed by atoms with E-state index in [1.165, 1.54) is 0 Å². The summed E-state index contributed by atoms with van der Waals surface area (Å²) >= 11 is 0. The molecule has 0 aliphatic rings. The van der Waals surface area contributed by atoms with Gasteiger partial charge in [0.15, 0.2) is 0 Å². The number of hydrogen-bond acceptors (Lipinski definition) is 3. The molecular weight excluding hydrogens is 172 g/mol. The normalized spacial score (nSPS) is 11.6. The van der Waals surface area contributed by atoms with Gasteiger partial charge in [0.05, 0.1) is 0 Å². The molecule has 0 saturated carbocycles. The Balaban J connectivity index is 2.81. The first kappa shape index (κ1) is 9.80. The first-order valence-electron chi connectivity index (χ1n) is 3.93. The van der Waals surface area contributed by atoms with Gasteiger partial charge in [-0.3, -0.25) is 4.79 Å². The van der Waals surface area contributed by atoms with Crippen molar-refractivity contribution in [3.8, 4) is 0 Å². The molecule has 4 nitrogen and oxygen atoms in total. The van der Waals surface area contributed by atoms with Crippen molar-refractivity contribution in [3.63, 3.8) is 0 Å². The molecule has 0 fully saturated rings. The zero-order valence-corrected chi connectivity index (χ0v) is 7.57. The third kappa shape index (κ3) is 2.59. The lowest BCUT2D eigenvalue weighted by Crippen LogP contribution is -2.13. The number of hydrogen-bond donors (Lipinski definition) is 2. The van der Waals surface area contributed by atoms with E-state index in [4.69, 9.17) is 9.52 Å². The smallest absolute Gasteiger partial charge is 0.311 e. The summed E-state index contributed by atoms with van der Waals surface area (Å²) in [5.41, 5.74) is -1.06. The summed E-state index contributed by atoms with van der Waals surface area (Å²) in [6.07, 6.45) is -0.157. The second kappa shape index (κ2) is 3.22. The molecule has 0 radical (unpaired) electrons. The van der Waals surface area contributed by atoms with Crippen LogP contribution in [0.2, 0.25) is 0 Å². The van der Waals surface area contributed by atoms with Crippen LogP contribution in [0.4, 0.5) is 0 Å². The topological polar surface area (TPSA) is 70.7 Å². The minimum absolute atomic E-state index is 0.157. The highest BCUT2D eigenvalue weighted by Crippen LogP contribution is 2.21. The van der Waals surface area contributed by atoms with Crippen LogP contribution < -0.4 is 0 Å². The molecule has 1 rings (SSSR count). The van der Waals surface area contributed by atoms with Gasteiger partial charge in [0.2, 0.25) is 0 Å². The largest absolute Gasteiger partial charge is 0.481 e. The van der Waals surface area contributed by atoms with E-state index in [9.17, 15) is 9.90 Å². The molecule has 1 aromatic heterocycles. The summed E-state index contributed by atoms with van der Waals surface area (Å²) < 4.78 is 5.13. The molecular formula is C9H12O4. The fourth-order valence-corrected chi connectivity index (χ4v) is 0.951. The Bertz CT molecular complexity index is 306. The fraction of sp³-hybridized carbons (Fsp3) is 0.444. The molecule has 1 heterocycles. The lowest BCUT2D eigenvalue weighted by Gasteiger charge is -2.12. The second-order valence-corrected chi connectivity index (χ2v) is 3.40.